The minimum absolute atomic E-state index is 0. The summed E-state index contributed by atoms with van der Waals surface area (Å²) in [5.41, 5.74) is 2.49. The van der Waals surface area contributed by atoms with Crippen LogP contribution in [0.25, 0.3) is 0 Å². The average Bonchev–Trinajstić information content (AvgIpc) is 2.39. The molecule has 112 valence electrons. The van der Waals surface area contributed by atoms with Crippen molar-refractivity contribution in [3.05, 3.63) is 29.3 Å². The maximum absolute atomic E-state index is 10.0. The summed E-state index contributed by atoms with van der Waals surface area (Å²) in [6.45, 7) is 4.40. The zero-order valence-electron chi connectivity index (χ0n) is 12.0. The van der Waals surface area contributed by atoms with Crippen molar-refractivity contribution >= 4 is 12.4 Å². The number of β-amino-alcohol motifs (C(OH)–C–C–N with tert-alkyl or cyclic N) is 1. The fourth-order valence-electron chi connectivity index (χ4n) is 4.06. The van der Waals surface area contributed by atoms with E-state index in [1.165, 1.54) is 12.0 Å². The summed E-state index contributed by atoms with van der Waals surface area (Å²) >= 11 is 0. The largest absolute Gasteiger partial charge is 0.508 e. The number of aromatic hydroxyl groups is 1. The van der Waals surface area contributed by atoms with Gasteiger partial charge in [0.2, 0.25) is 0 Å². The number of halogens is 1. The molecule has 1 aromatic carbocycles. The van der Waals surface area contributed by atoms with E-state index in [0.29, 0.717) is 23.6 Å². The van der Waals surface area contributed by atoms with Crippen LogP contribution in [0, 0.1) is 5.92 Å². The van der Waals surface area contributed by atoms with E-state index in [4.69, 9.17) is 0 Å². The summed E-state index contributed by atoms with van der Waals surface area (Å²) < 4.78 is 0. The molecule has 2 aliphatic rings. The van der Waals surface area contributed by atoms with Crippen molar-refractivity contribution in [2.24, 2.45) is 5.92 Å². The highest BCUT2D eigenvalue weighted by Crippen LogP contribution is 2.44. The zero-order valence-corrected chi connectivity index (χ0v) is 12.8. The van der Waals surface area contributed by atoms with Gasteiger partial charge in [-0.3, -0.25) is 4.90 Å². The van der Waals surface area contributed by atoms with Crippen LogP contribution in [-0.2, 0) is 6.42 Å². The highest BCUT2D eigenvalue weighted by Gasteiger charge is 2.38. The molecule has 3 unspecified atom stereocenters. The Kier molecular flexibility index (Phi) is 4.95. The molecule has 3 atom stereocenters. The number of aliphatic hydroxyl groups is 1. The third kappa shape index (κ3) is 2.67. The van der Waals surface area contributed by atoms with E-state index in [9.17, 15) is 10.2 Å². The van der Waals surface area contributed by atoms with E-state index in [1.54, 1.807) is 6.07 Å². The van der Waals surface area contributed by atoms with Crippen molar-refractivity contribution in [3.63, 3.8) is 0 Å². The van der Waals surface area contributed by atoms with Crippen molar-refractivity contribution < 1.29 is 10.2 Å². The lowest BCUT2D eigenvalue weighted by Crippen LogP contribution is -2.49. The number of nitrogens with zero attached hydrogens (tertiary/aromatic N) is 1. The first-order chi connectivity index (χ1) is 9.20. The molecule has 1 heterocycles. The van der Waals surface area contributed by atoms with Crippen LogP contribution in [-0.4, -0.2) is 40.9 Å². The second-order valence-electron chi connectivity index (χ2n) is 6.12. The number of likely N-dealkylation sites (tertiary alicyclic amines) is 1. The molecule has 0 radical (unpaired) electrons. The van der Waals surface area contributed by atoms with Crippen LogP contribution in [0.4, 0.5) is 0 Å². The number of phenols is 1. The maximum Gasteiger partial charge on any atom is 0.119 e. The van der Waals surface area contributed by atoms with Crippen LogP contribution in [0.15, 0.2) is 18.2 Å². The van der Waals surface area contributed by atoms with Gasteiger partial charge in [0.1, 0.15) is 5.75 Å². The van der Waals surface area contributed by atoms with Gasteiger partial charge in [0, 0.05) is 25.0 Å². The number of rotatable bonds is 2. The predicted molar refractivity (Wildman–Crippen MR) is 82.6 cm³/mol. The maximum atomic E-state index is 10.0. The van der Waals surface area contributed by atoms with Crippen LogP contribution < -0.4 is 0 Å². The van der Waals surface area contributed by atoms with Gasteiger partial charge in [0.25, 0.3) is 0 Å². The highest BCUT2D eigenvalue weighted by molar-refractivity contribution is 5.85. The van der Waals surface area contributed by atoms with Crippen molar-refractivity contribution in [2.75, 3.05) is 19.7 Å². The van der Waals surface area contributed by atoms with E-state index in [2.05, 4.69) is 17.9 Å². The number of aliphatic hydroxyl groups excluding tert-OH is 1. The summed E-state index contributed by atoms with van der Waals surface area (Å²) in [6, 6.07) is 6.49. The van der Waals surface area contributed by atoms with Gasteiger partial charge in [-0.15, -0.1) is 12.4 Å². The highest BCUT2D eigenvalue weighted by atomic mass is 35.5. The first-order valence-electron chi connectivity index (χ1n) is 7.36. The number of piperidine rings is 1. The van der Waals surface area contributed by atoms with Crippen LogP contribution in [0.1, 0.15) is 36.8 Å². The number of benzene rings is 1. The van der Waals surface area contributed by atoms with Crippen LogP contribution in [0.2, 0.25) is 0 Å². The van der Waals surface area contributed by atoms with Crippen molar-refractivity contribution in [1.82, 2.24) is 4.90 Å². The summed E-state index contributed by atoms with van der Waals surface area (Å²) in [5.74, 6) is 1.63. The molecule has 0 amide bonds. The molecule has 20 heavy (non-hydrogen) atoms. The quantitative estimate of drug-likeness (QED) is 0.882. The third-order valence-electron chi connectivity index (χ3n) is 4.80. The van der Waals surface area contributed by atoms with Gasteiger partial charge in [-0.2, -0.15) is 0 Å². The SMILES string of the molecule is CC1CC2c3cccc(O)c3CCC2N(CCO)C1.Cl. The Balaban J connectivity index is 0.00000147. The zero-order chi connectivity index (χ0) is 13.4. The normalized spacial score (nSPS) is 29.2. The van der Waals surface area contributed by atoms with E-state index in [-0.39, 0.29) is 19.0 Å². The average molecular weight is 298 g/mol. The number of hydrogen-bond acceptors (Lipinski definition) is 3. The van der Waals surface area contributed by atoms with Crippen molar-refractivity contribution in [1.29, 1.82) is 0 Å². The van der Waals surface area contributed by atoms with Gasteiger partial charge in [0.15, 0.2) is 0 Å². The minimum atomic E-state index is 0. The van der Waals surface area contributed by atoms with Gasteiger partial charge in [-0.05, 0) is 42.4 Å². The van der Waals surface area contributed by atoms with E-state index in [1.807, 2.05) is 6.07 Å². The Labute approximate surface area is 127 Å². The van der Waals surface area contributed by atoms with E-state index < -0.39 is 0 Å². The van der Waals surface area contributed by atoms with Crippen molar-refractivity contribution in [2.45, 2.75) is 38.1 Å². The molecule has 1 aromatic rings. The van der Waals surface area contributed by atoms with Gasteiger partial charge < -0.3 is 10.2 Å². The molecule has 3 nitrogen and oxygen atoms in total. The molecule has 4 heteroatoms. The minimum Gasteiger partial charge on any atom is -0.508 e. The monoisotopic (exact) mass is 297 g/mol. The lowest BCUT2D eigenvalue weighted by Gasteiger charge is -2.47. The molecule has 1 aliphatic carbocycles. The van der Waals surface area contributed by atoms with Crippen molar-refractivity contribution in [3.8, 4) is 5.75 Å². The van der Waals surface area contributed by atoms with Crippen LogP contribution in [0.5, 0.6) is 5.75 Å². The summed E-state index contributed by atoms with van der Waals surface area (Å²) in [6.07, 6.45) is 3.25. The summed E-state index contributed by atoms with van der Waals surface area (Å²) in [7, 11) is 0. The summed E-state index contributed by atoms with van der Waals surface area (Å²) in [4.78, 5) is 2.45. The van der Waals surface area contributed by atoms with E-state index in [0.717, 1.165) is 31.5 Å². The Hall–Kier alpha value is -0.770. The second-order valence-corrected chi connectivity index (χ2v) is 6.12. The van der Waals surface area contributed by atoms with E-state index >= 15 is 0 Å². The smallest absolute Gasteiger partial charge is 0.119 e. The number of hydrogen-bond donors (Lipinski definition) is 2. The molecule has 3 rings (SSSR count). The number of phenolic OH excluding ortho intramolecular Hbond substituents is 1. The molecule has 0 aromatic heterocycles. The fourth-order valence-corrected chi connectivity index (χ4v) is 4.06. The Bertz CT molecular complexity index is 466. The van der Waals surface area contributed by atoms with Crippen LogP contribution in [0.3, 0.4) is 0 Å². The molecule has 1 aliphatic heterocycles. The van der Waals surface area contributed by atoms with Gasteiger partial charge in [0.05, 0.1) is 6.61 Å². The first-order valence-corrected chi connectivity index (χ1v) is 7.36. The Morgan fingerprint density at radius 3 is 2.90 bits per heavy atom. The fraction of sp³-hybridized carbons (Fsp3) is 0.625. The van der Waals surface area contributed by atoms with Gasteiger partial charge in [-0.1, -0.05) is 19.1 Å². The Morgan fingerprint density at radius 2 is 2.15 bits per heavy atom. The lowest BCUT2D eigenvalue weighted by molar-refractivity contribution is 0.0636. The molecular formula is C16H24ClNO2. The number of fused-ring (bicyclic) bond motifs is 3. The van der Waals surface area contributed by atoms with Crippen LogP contribution >= 0.6 is 12.4 Å². The standard InChI is InChI=1S/C16H23NO2.ClH/c1-11-9-14-12-3-2-4-16(19)13(12)5-6-15(14)17(10-11)7-8-18;/h2-4,11,14-15,18-19H,5-10H2,1H3;1H. The molecular weight excluding hydrogens is 274 g/mol. The predicted octanol–water partition coefficient (Wildman–Crippen LogP) is 2.55. The van der Waals surface area contributed by atoms with Gasteiger partial charge in [-0.25, -0.2) is 0 Å². The first kappa shape index (κ1) is 15.6. The molecule has 2 N–H and O–H groups in total. The molecule has 0 bridgehead atoms. The molecule has 0 spiro atoms. The Morgan fingerprint density at radius 1 is 1.35 bits per heavy atom. The van der Waals surface area contributed by atoms with Gasteiger partial charge >= 0.3 is 0 Å². The second kappa shape index (κ2) is 6.33. The molecule has 1 saturated heterocycles. The topological polar surface area (TPSA) is 43.7 Å². The third-order valence-corrected chi connectivity index (χ3v) is 4.80. The molecule has 0 saturated carbocycles. The molecule has 1 fully saturated rings. The lowest BCUT2D eigenvalue weighted by atomic mass is 9.72. The summed E-state index contributed by atoms with van der Waals surface area (Å²) in [5, 5.41) is 19.3.